The summed E-state index contributed by atoms with van der Waals surface area (Å²) in [6.07, 6.45) is 3.98. The molecule has 1 N–H and O–H groups in total. The van der Waals surface area contributed by atoms with Gasteiger partial charge in [-0.25, -0.2) is 9.37 Å². The van der Waals surface area contributed by atoms with Gasteiger partial charge in [0.25, 0.3) is 5.91 Å². The third-order valence-corrected chi connectivity index (χ3v) is 7.81. The molecule has 2 aromatic carbocycles. The number of hydrogen-bond acceptors (Lipinski definition) is 5. The van der Waals surface area contributed by atoms with E-state index >= 15 is 4.39 Å². The number of piperazine rings is 1. The maximum atomic E-state index is 15.6. The lowest BCUT2D eigenvalue weighted by atomic mass is 10.0. The second kappa shape index (κ2) is 11.1. The molecule has 9 heteroatoms. The van der Waals surface area contributed by atoms with Crippen LogP contribution in [0.4, 0.5) is 15.8 Å². The molecule has 5 rings (SSSR count). The third-order valence-electron chi connectivity index (χ3n) is 7.37. The van der Waals surface area contributed by atoms with Crippen molar-refractivity contribution in [1.82, 2.24) is 9.88 Å². The first-order valence-corrected chi connectivity index (χ1v) is 13.6. The molecule has 0 radical (unpaired) electrons. The highest BCUT2D eigenvalue weighted by Gasteiger charge is 2.29. The Balaban J connectivity index is 1.49. The zero-order valence-electron chi connectivity index (χ0n) is 21.7. The van der Waals surface area contributed by atoms with Crippen LogP contribution >= 0.6 is 23.2 Å². The van der Waals surface area contributed by atoms with Crippen molar-refractivity contribution in [1.29, 1.82) is 0 Å². The van der Waals surface area contributed by atoms with Crippen molar-refractivity contribution in [2.45, 2.75) is 38.8 Å². The number of ether oxygens (including phenoxy) is 1. The van der Waals surface area contributed by atoms with Gasteiger partial charge < -0.3 is 15.0 Å². The van der Waals surface area contributed by atoms with Gasteiger partial charge in [-0.1, -0.05) is 23.2 Å². The second-order valence-corrected chi connectivity index (χ2v) is 11.2. The van der Waals surface area contributed by atoms with Crippen LogP contribution in [0.2, 0.25) is 10.0 Å². The Labute approximate surface area is 232 Å². The van der Waals surface area contributed by atoms with Crippen molar-refractivity contribution in [3.63, 3.8) is 0 Å². The number of aromatic nitrogens is 1. The van der Waals surface area contributed by atoms with E-state index in [1.165, 1.54) is 18.9 Å². The van der Waals surface area contributed by atoms with Crippen LogP contribution in [0, 0.1) is 11.7 Å². The topological polar surface area (TPSA) is 57.7 Å². The molecule has 38 heavy (non-hydrogen) atoms. The summed E-state index contributed by atoms with van der Waals surface area (Å²) in [5, 5.41) is 3.71. The molecule has 0 spiro atoms. The van der Waals surface area contributed by atoms with Gasteiger partial charge in [-0.3, -0.25) is 9.69 Å². The number of carbonyl (C=O) groups excluding carboxylic acids is 1. The molecule has 0 bridgehead atoms. The third kappa shape index (κ3) is 6.06. The Morgan fingerprint density at radius 2 is 1.76 bits per heavy atom. The number of benzene rings is 2. The van der Waals surface area contributed by atoms with Gasteiger partial charge in [0.1, 0.15) is 5.82 Å². The maximum absolute atomic E-state index is 15.6. The molecule has 1 aliphatic carbocycles. The van der Waals surface area contributed by atoms with E-state index in [9.17, 15) is 4.79 Å². The molecule has 3 aromatic rings. The molecular formula is C29H31Cl2FN4O2. The van der Waals surface area contributed by atoms with Gasteiger partial charge >= 0.3 is 0 Å². The van der Waals surface area contributed by atoms with Crippen LogP contribution in [0.5, 0.6) is 5.88 Å². The quantitative estimate of drug-likeness (QED) is 0.348. The molecule has 2 atom stereocenters. The summed E-state index contributed by atoms with van der Waals surface area (Å²) in [6, 6.07) is 11.9. The van der Waals surface area contributed by atoms with Crippen molar-refractivity contribution in [2.24, 2.45) is 5.92 Å². The predicted octanol–water partition coefficient (Wildman–Crippen LogP) is 6.76. The van der Waals surface area contributed by atoms with Gasteiger partial charge in [0.2, 0.25) is 5.88 Å². The molecule has 0 unspecified atom stereocenters. The van der Waals surface area contributed by atoms with Crippen molar-refractivity contribution >= 4 is 40.5 Å². The first-order chi connectivity index (χ1) is 18.2. The summed E-state index contributed by atoms with van der Waals surface area (Å²) in [7, 11) is 2.09. The normalized spacial score (nSPS) is 19.9. The maximum Gasteiger partial charge on any atom is 0.255 e. The fraction of sp³-hybridized carbons (Fsp3) is 0.379. The van der Waals surface area contributed by atoms with Gasteiger partial charge in [0.05, 0.1) is 18.0 Å². The lowest BCUT2D eigenvalue weighted by Crippen LogP contribution is -2.55. The molecule has 200 valence electrons. The van der Waals surface area contributed by atoms with Crippen LogP contribution < -0.4 is 15.0 Å². The Kier molecular flexibility index (Phi) is 7.80. The number of amides is 1. The van der Waals surface area contributed by atoms with Gasteiger partial charge in [-0.2, -0.15) is 0 Å². The summed E-state index contributed by atoms with van der Waals surface area (Å²) < 4.78 is 21.4. The minimum absolute atomic E-state index is 0.254. The van der Waals surface area contributed by atoms with Crippen molar-refractivity contribution in [3.8, 4) is 17.0 Å². The standard InChI is InChI=1S/C29H31Cl2FN4O2/c1-17-14-36(15-18(2)35(17)3)27-12-25(32)24(20-6-7-28(33-13-20)38-16-19-4-5-19)11-26(27)34-29(37)21-8-22(30)10-23(31)9-21/h6-13,17-19H,4-5,14-16H2,1-3H3,(H,34,37)/t17-,18+. The number of anilines is 2. The van der Waals surface area contributed by atoms with Crippen molar-refractivity contribution < 1.29 is 13.9 Å². The average molecular weight is 557 g/mol. The van der Waals surface area contributed by atoms with Crippen LogP contribution in [0.25, 0.3) is 11.1 Å². The second-order valence-electron chi connectivity index (χ2n) is 10.4. The van der Waals surface area contributed by atoms with E-state index < -0.39 is 5.82 Å². The molecular weight excluding hydrogens is 526 g/mol. The highest BCUT2D eigenvalue weighted by Crippen LogP contribution is 2.37. The fourth-order valence-corrected chi connectivity index (χ4v) is 5.27. The molecule has 1 amide bonds. The van der Waals surface area contributed by atoms with Crippen LogP contribution in [0.15, 0.2) is 48.7 Å². The zero-order valence-corrected chi connectivity index (χ0v) is 23.2. The Morgan fingerprint density at radius 1 is 1.08 bits per heavy atom. The predicted molar refractivity (Wildman–Crippen MR) is 151 cm³/mol. The Bertz CT molecular complexity index is 1300. The molecule has 2 heterocycles. The molecule has 6 nitrogen and oxygen atoms in total. The van der Waals surface area contributed by atoms with E-state index in [2.05, 4.69) is 41.0 Å². The lowest BCUT2D eigenvalue weighted by molar-refractivity contribution is 0.102. The number of nitrogens with one attached hydrogen (secondary N) is 1. The molecule has 1 aromatic heterocycles. The average Bonchev–Trinajstić information content (AvgIpc) is 3.71. The summed E-state index contributed by atoms with van der Waals surface area (Å²) in [6.45, 7) is 6.32. The number of rotatable bonds is 7. The number of carbonyl (C=O) groups is 1. The highest BCUT2D eigenvalue weighted by atomic mass is 35.5. The first kappa shape index (κ1) is 26.7. The minimum Gasteiger partial charge on any atom is -0.477 e. The minimum atomic E-state index is -0.392. The van der Waals surface area contributed by atoms with E-state index in [4.69, 9.17) is 27.9 Å². The van der Waals surface area contributed by atoms with E-state index in [1.807, 2.05) is 0 Å². The molecule has 1 saturated heterocycles. The summed E-state index contributed by atoms with van der Waals surface area (Å²) in [4.78, 5) is 22.1. The number of hydrogen-bond donors (Lipinski definition) is 1. The van der Waals surface area contributed by atoms with Gasteiger partial charge in [0, 0.05) is 64.2 Å². The van der Waals surface area contributed by atoms with Gasteiger partial charge in [0.15, 0.2) is 0 Å². The smallest absolute Gasteiger partial charge is 0.255 e. The fourth-order valence-electron chi connectivity index (χ4n) is 4.74. The molecule has 2 aliphatic rings. The van der Waals surface area contributed by atoms with Crippen LogP contribution in [-0.4, -0.2) is 54.6 Å². The van der Waals surface area contributed by atoms with Crippen molar-refractivity contribution in [2.75, 3.05) is 37.0 Å². The van der Waals surface area contributed by atoms with Gasteiger partial charge in [-0.15, -0.1) is 0 Å². The number of nitrogens with zero attached hydrogens (tertiary/aromatic N) is 3. The molecule has 1 saturated carbocycles. The lowest BCUT2D eigenvalue weighted by Gasteiger charge is -2.44. The Hall–Kier alpha value is -2.87. The molecule has 1 aliphatic heterocycles. The van der Waals surface area contributed by atoms with E-state index in [1.54, 1.807) is 42.6 Å². The number of pyridine rings is 1. The SMILES string of the molecule is C[C@@H]1CN(c2cc(F)c(-c3ccc(OCC4CC4)nc3)cc2NC(=O)c2cc(Cl)cc(Cl)c2)C[C@H](C)N1C. The van der Waals surface area contributed by atoms with Crippen molar-refractivity contribution in [3.05, 3.63) is 70.1 Å². The summed E-state index contributed by atoms with van der Waals surface area (Å²) in [5.74, 6) is 0.355. The molecule has 2 fully saturated rings. The van der Waals surface area contributed by atoms with Crippen LogP contribution in [0.1, 0.15) is 37.0 Å². The van der Waals surface area contributed by atoms with E-state index in [-0.39, 0.29) is 18.0 Å². The number of halogens is 3. The van der Waals surface area contributed by atoms with Crippen LogP contribution in [0.3, 0.4) is 0 Å². The van der Waals surface area contributed by atoms with E-state index in [0.29, 0.717) is 69.6 Å². The highest BCUT2D eigenvalue weighted by molar-refractivity contribution is 6.35. The zero-order chi connectivity index (χ0) is 27.0. The Morgan fingerprint density at radius 3 is 2.37 bits per heavy atom. The van der Waals surface area contributed by atoms with Gasteiger partial charge in [-0.05, 0) is 76.1 Å². The van der Waals surface area contributed by atoms with E-state index in [0.717, 1.165) is 0 Å². The van der Waals surface area contributed by atoms with Crippen LogP contribution in [-0.2, 0) is 0 Å². The number of likely N-dealkylation sites (N-methyl/N-ethyl adjacent to an activating group) is 1. The first-order valence-electron chi connectivity index (χ1n) is 12.8. The summed E-state index contributed by atoms with van der Waals surface area (Å²) >= 11 is 12.3. The monoisotopic (exact) mass is 556 g/mol. The largest absolute Gasteiger partial charge is 0.477 e. The summed E-state index contributed by atoms with van der Waals surface area (Å²) in [5.41, 5.74) is 2.37.